The average molecular weight is 671 g/mol. The lowest BCUT2D eigenvalue weighted by molar-refractivity contribution is 0.414. The van der Waals surface area contributed by atoms with Gasteiger partial charge in [-0.05, 0) is 60.7 Å². The van der Waals surface area contributed by atoms with Crippen LogP contribution in [-0.2, 0) is 20.0 Å². The second kappa shape index (κ2) is 13.3. The summed E-state index contributed by atoms with van der Waals surface area (Å²) in [6, 6.07) is 22.6. The summed E-state index contributed by atoms with van der Waals surface area (Å²) in [5.41, 5.74) is 23.3. The summed E-state index contributed by atoms with van der Waals surface area (Å²) in [6.07, 6.45) is -1.03. The average Bonchev–Trinajstić information content (AvgIpc) is 3.81. The van der Waals surface area contributed by atoms with Gasteiger partial charge in [-0.1, -0.05) is 24.3 Å². The third-order valence-electron chi connectivity index (χ3n) is 7.52. The van der Waals surface area contributed by atoms with E-state index >= 15 is 0 Å². The molecule has 0 aromatic heterocycles. The summed E-state index contributed by atoms with van der Waals surface area (Å²) in [5.74, 6) is 1.03. The molecular formula is C28H34N10O6S2. The zero-order valence-corrected chi connectivity index (χ0v) is 26.4. The number of sulfonamides is 2. The van der Waals surface area contributed by atoms with E-state index in [0.717, 1.165) is 0 Å². The zero-order valence-electron chi connectivity index (χ0n) is 24.8. The van der Waals surface area contributed by atoms with Crippen molar-refractivity contribution in [2.75, 3.05) is 35.9 Å². The lowest BCUT2D eigenvalue weighted by Crippen LogP contribution is -2.47. The molecule has 0 atom stereocenters. The van der Waals surface area contributed by atoms with Crippen LogP contribution < -0.4 is 61.9 Å². The molecule has 18 heteroatoms. The van der Waals surface area contributed by atoms with Crippen molar-refractivity contribution in [2.24, 2.45) is 0 Å². The number of ether oxygens (including phenoxy) is 2. The minimum Gasteiger partial charge on any atom is -0.497 e. The maximum atomic E-state index is 14.3. The smallest absolute Gasteiger partial charge is 0.264 e. The summed E-state index contributed by atoms with van der Waals surface area (Å²) in [4.78, 5) is 0.116. The van der Waals surface area contributed by atoms with E-state index in [2.05, 4.69) is 43.8 Å². The van der Waals surface area contributed by atoms with Gasteiger partial charge >= 0.3 is 0 Å². The fourth-order valence-electron chi connectivity index (χ4n) is 5.18. The summed E-state index contributed by atoms with van der Waals surface area (Å²) in [6.45, 7) is -0.0579. The molecule has 0 radical (unpaired) electrons. The van der Waals surface area contributed by atoms with E-state index in [0.29, 0.717) is 33.6 Å². The number of rotatable bonds is 12. The summed E-state index contributed by atoms with van der Waals surface area (Å²) in [7, 11) is -5.24. The predicted octanol–water partition coefficient (Wildman–Crippen LogP) is 0.134. The molecule has 2 aliphatic heterocycles. The number of nitrogens with zero attached hydrogens (tertiary/aromatic N) is 2. The normalized spacial score (nSPS) is 16.1. The first kappa shape index (κ1) is 31.9. The Balaban J connectivity index is 1.49. The fourth-order valence-corrected chi connectivity index (χ4v) is 8.18. The highest BCUT2D eigenvalue weighted by molar-refractivity contribution is 7.93. The fraction of sp³-hybridized carbons (Fsp3) is 0.214. The van der Waals surface area contributed by atoms with E-state index < -0.39 is 32.4 Å². The molecule has 0 bridgehead atoms. The molecular weight excluding hydrogens is 637 g/mol. The Kier molecular flexibility index (Phi) is 9.25. The standard InChI is InChI=1S/C28H34N10O6S2/c1-43-19-7-11-21(12-8-19)45(39,40)37(17-27-29-33-34-30-27)25-15-16-26(24-6-4-3-5-23(24)25)38(18-28-31-35-36-32-28)46(41,42)22-13-9-20(44-2)10-14-22/h3-16,27-36H,17-18H2,1-2H3. The molecule has 0 spiro atoms. The Morgan fingerprint density at radius 3 is 1.22 bits per heavy atom. The van der Waals surface area contributed by atoms with E-state index in [1.54, 1.807) is 60.7 Å². The molecule has 244 valence electrons. The molecule has 8 N–H and O–H groups in total. The van der Waals surface area contributed by atoms with Crippen LogP contribution in [0.25, 0.3) is 10.8 Å². The number of nitrogens with one attached hydrogen (secondary N) is 8. The van der Waals surface area contributed by atoms with Gasteiger partial charge in [-0.25, -0.2) is 38.5 Å². The van der Waals surface area contributed by atoms with E-state index in [1.165, 1.54) is 47.1 Å². The van der Waals surface area contributed by atoms with Crippen molar-refractivity contribution in [3.05, 3.63) is 84.9 Å². The Morgan fingerprint density at radius 1 is 0.543 bits per heavy atom. The van der Waals surface area contributed by atoms with Gasteiger partial charge in [0.2, 0.25) is 0 Å². The molecule has 2 saturated heterocycles. The number of methoxy groups -OCH3 is 2. The first-order valence-corrected chi connectivity index (χ1v) is 17.0. The number of benzene rings is 4. The van der Waals surface area contributed by atoms with Crippen molar-refractivity contribution in [3.8, 4) is 11.5 Å². The zero-order chi connectivity index (χ0) is 32.3. The van der Waals surface area contributed by atoms with Crippen molar-refractivity contribution >= 4 is 42.2 Å². The van der Waals surface area contributed by atoms with Crippen molar-refractivity contribution in [3.63, 3.8) is 0 Å². The predicted molar refractivity (Wildman–Crippen MR) is 172 cm³/mol. The van der Waals surface area contributed by atoms with Crippen LogP contribution in [0.5, 0.6) is 11.5 Å². The number of anilines is 2. The van der Waals surface area contributed by atoms with Crippen LogP contribution in [0.1, 0.15) is 0 Å². The maximum Gasteiger partial charge on any atom is 0.264 e. The third-order valence-corrected chi connectivity index (χ3v) is 11.1. The third kappa shape index (κ3) is 6.31. The van der Waals surface area contributed by atoms with Crippen molar-refractivity contribution in [1.82, 2.24) is 43.8 Å². The monoisotopic (exact) mass is 670 g/mol. The Morgan fingerprint density at radius 2 is 0.891 bits per heavy atom. The van der Waals surface area contributed by atoms with Gasteiger partial charge in [-0.3, -0.25) is 8.61 Å². The minimum absolute atomic E-state index is 0.0290. The molecule has 0 aliphatic carbocycles. The van der Waals surface area contributed by atoms with E-state index in [1.807, 2.05) is 0 Å². The van der Waals surface area contributed by atoms with Crippen molar-refractivity contribution in [1.29, 1.82) is 0 Å². The van der Waals surface area contributed by atoms with Gasteiger partial charge in [0.25, 0.3) is 20.0 Å². The van der Waals surface area contributed by atoms with Crippen LogP contribution in [-0.4, -0.2) is 56.5 Å². The molecule has 16 nitrogen and oxygen atoms in total. The van der Waals surface area contributed by atoms with Crippen LogP contribution in [0.3, 0.4) is 0 Å². The van der Waals surface area contributed by atoms with Gasteiger partial charge in [0.15, 0.2) is 0 Å². The summed E-state index contributed by atoms with van der Waals surface area (Å²) in [5, 5.41) is 1.05. The minimum atomic E-state index is -4.13. The van der Waals surface area contributed by atoms with E-state index in [4.69, 9.17) is 9.47 Å². The van der Waals surface area contributed by atoms with Gasteiger partial charge in [0.05, 0.1) is 48.5 Å². The van der Waals surface area contributed by atoms with Crippen LogP contribution in [0, 0.1) is 0 Å². The molecule has 2 fully saturated rings. The topological polar surface area (TPSA) is 189 Å². The Hall–Kier alpha value is -4.08. The molecule has 2 heterocycles. The van der Waals surface area contributed by atoms with Gasteiger partial charge in [0, 0.05) is 10.8 Å². The molecule has 4 aromatic carbocycles. The lowest BCUT2D eigenvalue weighted by Gasteiger charge is -2.31. The highest BCUT2D eigenvalue weighted by Gasteiger charge is 2.33. The Bertz CT molecular complexity index is 1750. The highest BCUT2D eigenvalue weighted by Crippen LogP contribution is 2.39. The maximum absolute atomic E-state index is 14.3. The van der Waals surface area contributed by atoms with Crippen LogP contribution in [0.4, 0.5) is 11.4 Å². The van der Waals surface area contributed by atoms with Crippen LogP contribution in [0.15, 0.2) is 94.7 Å². The summed E-state index contributed by atoms with van der Waals surface area (Å²) >= 11 is 0. The quantitative estimate of drug-likeness (QED) is 0.102. The van der Waals surface area contributed by atoms with Crippen LogP contribution >= 0.6 is 0 Å². The number of fused-ring (bicyclic) bond motifs is 1. The highest BCUT2D eigenvalue weighted by atomic mass is 32.2. The Labute approximate surface area is 266 Å². The van der Waals surface area contributed by atoms with Crippen molar-refractivity contribution < 1.29 is 26.3 Å². The number of hydrogen-bond donors (Lipinski definition) is 8. The first-order chi connectivity index (χ1) is 22.2. The van der Waals surface area contributed by atoms with Gasteiger partial charge < -0.3 is 9.47 Å². The summed E-state index contributed by atoms with van der Waals surface area (Å²) < 4.78 is 70.0. The number of hydrazine groups is 6. The van der Waals surface area contributed by atoms with Gasteiger partial charge in [0.1, 0.15) is 23.8 Å². The van der Waals surface area contributed by atoms with Crippen molar-refractivity contribution in [2.45, 2.75) is 22.1 Å². The molecule has 2 aliphatic rings. The second-order valence-electron chi connectivity index (χ2n) is 10.3. The lowest BCUT2D eigenvalue weighted by atomic mass is 10.1. The van der Waals surface area contributed by atoms with E-state index in [-0.39, 0.29) is 22.9 Å². The number of hydrogen-bond acceptors (Lipinski definition) is 14. The first-order valence-electron chi connectivity index (χ1n) is 14.1. The van der Waals surface area contributed by atoms with Crippen LogP contribution in [0.2, 0.25) is 0 Å². The molecule has 46 heavy (non-hydrogen) atoms. The molecule has 4 aromatic rings. The van der Waals surface area contributed by atoms with Gasteiger partial charge in [-0.2, -0.15) is 22.1 Å². The molecule has 0 unspecified atom stereocenters. The van der Waals surface area contributed by atoms with E-state index in [9.17, 15) is 16.8 Å². The molecule has 6 rings (SSSR count). The van der Waals surface area contributed by atoms with Gasteiger partial charge in [-0.15, -0.1) is 0 Å². The molecule has 0 amide bonds. The second-order valence-corrected chi connectivity index (χ2v) is 14.0. The largest absolute Gasteiger partial charge is 0.497 e. The molecule has 0 saturated carbocycles. The SMILES string of the molecule is COc1ccc(S(=O)(=O)N(CC2NNNN2)c2ccc(N(CC3NNNN3)S(=O)(=O)c3ccc(OC)cc3)c3ccccc23)cc1.